The fourth-order valence-corrected chi connectivity index (χ4v) is 5.13. The predicted molar refractivity (Wildman–Crippen MR) is 121 cm³/mol. The van der Waals surface area contributed by atoms with Crippen molar-refractivity contribution >= 4 is 26.7 Å². The average Bonchev–Trinajstić information content (AvgIpc) is 3.03. The molecule has 6 heteroatoms. The monoisotopic (exact) mass is 419 g/mol. The van der Waals surface area contributed by atoms with Crippen LogP contribution >= 0.6 is 0 Å². The molecule has 0 radical (unpaired) electrons. The minimum Gasteiger partial charge on any atom is -0.331 e. The van der Waals surface area contributed by atoms with Gasteiger partial charge in [0.1, 0.15) is 5.82 Å². The fraction of sp³-hybridized carbons (Fsp3) is 0.208. The number of aromatic nitrogens is 2. The second-order valence-corrected chi connectivity index (χ2v) is 9.26. The lowest BCUT2D eigenvalue weighted by Crippen LogP contribution is -2.16. The van der Waals surface area contributed by atoms with Crippen LogP contribution < -0.4 is 4.72 Å². The zero-order chi connectivity index (χ0) is 21.3. The highest BCUT2D eigenvalue weighted by Gasteiger charge is 2.18. The van der Waals surface area contributed by atoms with Gasteiger partial charge in [-0.2, -0.15) is 0 Å². The number of anilines is 1. The smallest absolute Gasteiger partial charge is 0.262 e. The largest absolute Gasteiger partial charge is 0.331 e. The van der Waals surface area contributed by atoms with Gasteiger partial charge >= 0.3 is 0 Å². The molecular formula is C24H25N3O2S. The first-order chi connectivity index (χ1) is 14.3. The molecule has 0 atom stereocenters. The van der Waals surface area contributed by atoms with E-state index in [-0.39, 0.29) is 0 Å². The Hall–Kier alpha value is -3.12. The minimum atomic E-state index is -3.67. The topological polar surface area (TPSA) is 64.0 Å². The Morgan fingerprint density at radius 1 is 0.933 bits per heavy atom. The lowest BCUT2D eigenvalue weighted by Gasteiger charge is -2.14. The van der Waals surface area contributed by atoms with Gasteiger partial charge in [-0.15, -0.1) is 0 Å². The first-order valence-corrected chi connectivity index (χ1v) is 11.4. The molecule has 0 aliphatic heterocycles. The van der Waals surface area contributed by atoms with Crippen molar-refractivity contribution in [1.82, 2.24) is 9.55 Å². The van der Waals surface area contributed by atoms with E-state index in [4.69, 9.17) is 4.98 Å². The van der Waals surface area contributed by atoms with Gasteiger partial charge in [-0.05, 0) is 55.7 Å². The predicted octanol–water partition coefficient (Wildman–Crippen LogP) is 4.78. The summed E-state index contributed by atoms with van der Waals surface area (Å²) in [4.78, 5) is 5.03. The molecule has 0 saturated heterocycles. The molecule has 0 fully saturated rings. The van der Waals surface area contributed by atoms with Crippen LogP contribution in [0.4, 0.5) is 5.69 Å². The highest BCUT2D eigenvalue weighted by molar-refractivity contribution is 7.92. The Morgan fingerprint density at radius 2 is 1.67 bits per heavy atom. The average molecular weight is 420 g/mol. The van der Waals surface area contributed by atoms with Crippen LogP contribution in [0.15, 0.2) is 71.6 Å². The molecule has 30 heavy (non-hydrogen) atoms. The maximum absolute atomic E-state index is 13.0. The van der Waals surface area contributed by atoms with Crippen LogP contribution in [0.2, 0.25) is 0 Å². The summed E-state index contributed by atoms with van der Waals surface area (Å²) in [5.41, 5.74) is 5.39. The third-order valence-corrected chi connectivity index (χ3v) is 6.91. The van der Waals surface area contributed by atoms with Crippen LogP contribution in [-0.4, -0.2) is 18.0 Å². The zero-order valence-corrected chi connectivity index (χ0v) is 18.2. The van der Waals surface area contributed by atoms with Crippen molar-refractivity contribution in [3.63, 3.8) is 0 Å². The van der Waals surface area contributed by atoms with Gasteiger partial charge in [-0.3, -0.25) is 4.72 Å². The first-order valence-electron chi connectivity index (χ1n) is 9.93. The van der Waals surface area contributed by atoms with E-state index in [9.17, 15) is 8.42 Å². The van der Waals surface area contributed by atoms with E-state index in [1.54, 1.807) is 6.07 Å². The molecule has 0 spiro atoms. The zero-order valence-electron chi connectivity index (χ0n) is 17.4. The van der Waals surface area contributed by atoms with Gasteiger partial charge in [0, 0.05) is 13.5 Å². The molecule has 0 bridgehead atoms. The Kier molecular flexibility index (Phi) is 5.35. The SMILES string of the molecule is Cc1ccc(S(=O)(=O)Nc2ccccc2CCc2nc3ccccc3n2C)c(C)c1. The quantitative estimate of drug-likeness (QED) is 0.489. The first kappa shape index (κ1) is 20.2. The van der Waals surface area contributed by atoms with Crippen LogP contribution in [0, 0.1) is 13.8 Å². The molecule has 4 rings (SSSR count). The summed E-state index contributed by atoms with van der Waals surface area (Å²) in [7, 11) is -1.65. The number of nitrogens with zero attached hydrogens (tertiary/aromatic N) is 2. The molecule has 154 valence electrons. The summed E-state index contributed by atoms with van der Waals surface area (Å²) in [5.74, 6) is 0.975. The summed E-state index contributed by atoms with van der Waals surface area (Å²) in [6.07, 6.45) is 1.40. The molecule has 0 aliphatic rings. The van der Waals surface area contributed by atoms with Crippen LogP contribution in [-0.2, 0) is 29.9 Å². The number of rotatable bonds is 6. The maximum Gasteiger partial charge on any atom is 0.262 e. The molecule has 0 unspecified atom stereocenters. The number of para-hydroxylation sites is 3. The number of hydrogen-bond donors (Lipinski definition) is 1. The molecule has 5 nitrogen and oxygen atoms in total. The summed E-state index contributed by atoms with van der Waals surface area (Å²) in [6.45, 7) is 3.77. The van der Waals surface area contributed by atoms with Gasteiger partial charge in [0.2, 0.25) is 0 Å². The number of fused-ring (bicyclic) bond motifs is 1. The highest BCUT2D eigenvalue weighted by Crippen LogP contribution is 2.24. The Morgan fingerprint density at radius 3 is 2.43 bits per heavy atom. The standard InChI is InChI=1S/C24H25N3O2S/c1-17-12-14-23(18(2)16-17)30(28,29)26-20-9-5-4-8-19(20)13-15-24-25-21-10-6-7-11-22(21)27(24)3/h4-12,14,16,26H,13,15H2,1-3H3. The number of imidazole rings is 1. The van der Waals surface area contributed by atoms with Crippen molar-refractivity contribution in [2.75, 3.05) is 4.72 Å². The van der Waals surface area contributed by atoms with Crippen molar-refractivity contribution in [2.24, 2.45) is 7.05 Å². The van der Waals surface area contributed by atoms with Gasteiger partial charge in [-0.25, -0.2) is 13.4 Å². The summed E-state index contributed by atoms with van der Waals surface area (Å²) in [5, 5.41) is 0. The van der Waals surface area contributed by atoms with Crippen LogP contribution in [0.5, 0.6) is 0 Å². The molecule has 0 amide bonds. The Balaban J connectivity index is 1.58. The molecule has 1 N–H and O–H groups in total. The van der Waals surface area contributed by atoms with Crippen LogP contribution in [0.25, 0.3) is 11.0 Å². The second-order valence-electron chi connectivity index (χ2n) is 7.61. The number of nitrogens with one attached hydrogen (secondary N) is 1. The third kappa shape index (κ3) is 3.96. The molecular weight excluding hydrogens is 394 g/mol. The van der Waals surface area contributed by atoms with E-state index < -0.39 is 10.0 Å². The Labute approximate surface area is 177 Å². The number of hydrogen-bond acceptors (Lipinski definition) is 3. The summed E-state index contributed by atoms with van der Waals surface area (Å²) >= 11 is 0. The summed E-state index contributed by atoms with van der Waals surface area (Å²) in [6, 6.07) is 21.0. The second kappa shape index (κ2) is 7.95. The van der Waals surface area contributed by atoms with E-state index in [1.807, 2.05) is 75.5 Å². The normalized spacial score (nSPS) is 11.7. The van der Waals surface area contributed by atoms with E-state index in [1.165, 1.54) is 0 Å². The van der Waals surface area contributed by atoms with E-state index >= 15 is 0 Å². The molecule has 0 aliphatic carbocycles. The van der Waals surface area contributed by atoms with Crippen molar-refractivity contribution in [3.8, 4) is 0 Å². The number of aryl methyl sites for hydroxylation is 5. The third-order valence-electron chi connectivity index (χ3n) is 5.38. The van der Waals surface area contributed by atoms with Gasteiger partial charge in [0.05, 0.1) is 21.6 Å². The van der Waals surface area contributed by atoms with Crippen molar-refractivity contribution in [2.45, 2.75) is 31.6 Å². The number of benzene rings is 3. The van der Waals surface area contributed by atoms with Crippen LogP contribution in [0.3, 0.4) is 0 Å². The minimum absolute atomic E-state index is 0.304. The van der Waals surface area contributed by atoms with Gasteiger partial charge < -0.3 is 4.57 Å². The van der Waals surface area contributed by atoms with E-state index in [2.05, 4.69) is 15.4 Å². The lowest BCUT2D eigenvalue weighted by molar-refractivity contribution is 0.600. The molecule has 1 aromatic heterocycles. The summed E-state index contributed by atoms with van der Waals surface area (Å²) < 4.78 is 30.9. The highest BCUT2D eigenvalue weighted by atomic mass is 32.2. The molecule has 4 aromatic rings. The van der Waals surface area contributed by atoms with E-state index in [0.717, 1.165) is 33.5 Å². The molecule has 3 aromatic carbocycles. The van der Waals surface area contributed by atoms with Gasteiger partial charge in [0.25, 0.3) is 10.0 Å². The van der Waals surface area contributed by atoms with Gasteiger partial charge in [-0.1, -0.05) is 48.0 Å². The fourth-order valence-electron chi connectivity index (χ4n) is 3.80. The van der Waals surface area contributed by atoms with Gasteiger partial charge in [0.15, 0.2) is 0 Å². The Bertz CT molecular complexity index is 1320. The van der Waals surface area contributed by atoms with Crippen molar-refractivity contribution < 1.29 is 8.42 Å². The maximum atomic E-state index is 13.0. The van der Waals surface area contributed by atoms with Crippen molar-refractivity contribution in [3.05, 3.63) is 89.2 Å². The molecule has 1 heterocycles. The van der Waals surface area contributed by atoms with Crippen LogP contribution in [0.1, 0.15) is 22.5 Å². The number of sulfonamides is 1. The molecule has 0 saturated carbocycles. The lowest BCUT2D eigenvalue weighted by atomic mass is 10.1. The van der Waals surface area contributed by atoms with Crippen molar-refractivity contribution in [1.29, 1.82) is 0 Å². The van der Waals surface area contributed by atoms with E-state index in [0.29, 0.717) is 23.4 Å².